The summed E-state index contributed by atoms with van der Waals surface area (Å²) < 4.78 is 22.4. The molecule has 4 rings (SSSR count). The Labute approximate surface area is 146 Å². The number of nitrogens with zero attached hydrogens (tertiary/aromatic N) is 4. The molecule has 0 saturated carbocycles. The van der Waals surface area contributed by atoms with Crippen molar-refractivity contribution in [2.75, 3.05) is 18.9 Å². The molecule has 24 heavy (non-hydrogen) atoms. The summed E-state index contributed by atoms with van der Waals surface area (Å²) in [5.74, 6) is -0.464. The standard InChI is InChI=1S/C16H15BrFN5O/c1-16(7-24-8-16)6-23-5-10(9-2-13(17)20-4-12(9)23)14-11(18)3-21-15(19)22-14/h2-5H,6-8H2,1H3,(H2,19,21,22). The third-order valence-electron chi connectivity index (χ3n) is 4.21. The van der Waals surface area contributed by atoms with Gasteiger partial charge in [-0.2, -0.15) is 0 Å². The lowest BCUT2D eigenvalue weighted by Gasteiger charge is -2.38. The van der Waals surface area contributed by atoms with E-state index >= 15 is 0 Å². The molecule has 8 heteroatoms. The zero-order valence-corrected chi connectivity index (χ0v) is 14.5. The predicted molar refractivity (Wildman–Crippen MR) is 91.8 cm³/mol. The Bertz CT molecular complexity index is 938. The van der Waals surface area contributed by atoms with Crippen molar-refractivity contribution in [2.45, 2.75) is 13.5 Å². The molecule has 124 valence electrons. The van der Waals surface area contributed by atoms with Crippen molar-refractivity contribution in [3.63, 3.8) is 0 Å². The maximum absolute atomic E-state index is 14.3. The minimum absolute atomic E-state index is 0.0415. The van der Waals surface area contributed by atoms with Crippen LogP contribution in [0.15, 0.2) is 29.3 Å². The van der Waals surface area contributed by atoms with E-state index in [-0.39, 0.29) is 17.1 Å². The number of aromatic nitrogens is 4. The van der Waals surface area contributed by atoms with Crippen molar-refractivity contribution in [3.05, 3.63) is 35.1 Å². The lowest BCUT2D eigenvalue weighted by molar-refractivity contribution is -0.109. The molecule has 0 bridgehead atoms. The molecule has 0 aromatic carbocycles. The van der Waals surface area contributed by atoms with Crippen LogP contribution in [0.3, 0.4) is 0 Å². The molecule has 6 nitrogen and oxygen atoms in total. The van der Waals surface area contributed by atoms with E-state index < -0.39 is 5.82 Å². The number of ether oxygens (including phenoxy) is 1. The molecule has 1 aliphatic rings. The van der Waals surface area contributed by atoms with Crippen molar-refractivity contribution in [1.82, 2.24) is 19.5 Å². The summed E-state index contributed by atoms with van der Waals surface area (Å²) >= 11 is 3.38. The Hall–Kier alpha value is -2.06. The van der Waals surface area contributed by atoms with Gasteiger partial charge in [-0.1, -0.05) is 6.92 Å². The van der Waals surface area contributed by atoms with Gasteiger partial charge in [-0.3, -0.25) is 0 Å². The van der Waals surface area contributed by atoms with E-state index in [0.29, 0.717) is 23.4 Å². The van der Waals surface area contributed by atoms with Gasteiger partial charge >= 0.3 is 0 Å². The van der Waals surface area contributed by atoms with Gasteiger partial charge in [-0.25, -0.2) is 19.3 Å². The lowest BCUT2D eigenvalue weighted by Crippen LogP contribution is -2.42. The van der Waals surface area contributed by atoms with Gasteiger partial charge in [0.15, 0.2) is 5.82 Å². The van der Waals surface area contributed by atoms with Gasteiger partial charge in [0.2, 0.25) is 5.95 Å². The van der Waals surface area contributed by atoms with Gasteiger partial charge in [-0.05, 0) is 22.0 Å². The minimum Gasteiger partial charge on any atom is -0.380 e. The normalized spacial score (nSPS) is 16.3. The molecule has 0 amide bonds. The molecule has 3 aromatic heterocycles. The van der Waals surface area contributed by atoms with Gasteiger partial charge in [0.1, 0.15) is 10.3 Å². The van der Waals surface area contributed by atoms with Crippen LogP contribution in [0.25, 0.3) is 22.2 Å². The molecule has 0 spiro atoms. The third kappa shape index (κ3) is 2.55. The van der Waals surface area contributed by atoms with Crippen molar-refractivity contribution in [1.29, 1.82) is 0 Å². The number of fused-ring (bicyclic) bond motifs is 1. The Morgan fingerprint density at radius 2 is 2.17 bits per heavy atom. The zero-order valence-electron chi connectivity index (χ0n) is 13.0. The van der Waals surface area contributed by atoms with Gasteiger partial charge < -0.3 is 15.0 Å². The van der Waals surface area contributed by atoms with Crippen molar-refractivity contribution in [2.24, 2.45) is 5.41 Å². The average Bonchev–Trinajstić information content (AvgIpc) is 2.85. The fourth-order valence-electron chi connectivity index (χ4n) is 3.00. The summed E-state index contributed by atoms with van der Waals surface area (Å²) in [6.45, 7) is 4.34. The molecule has 0 radical (unpaired) electrons. The molecule has 1 saturated heterocycles. The molecular weight excluding hydrogens is 377 g/mol. The second-order valence-corrected chi connectivity index (χ2v) is 7.24. The summed E-state index contributed by atoms with van der Waals surface area (Å²) in [5.41, 5.74) is 7.49. The van der Waals surface area contributed by atoms with Crippen LogP contribution in [0.5, 0.6) is 0 Å². The smallest absolute Gasteiger partial charge is 0.220 e. The number of anilines is 1. The van der Waals surface area contributed by atoms with E-state index in [2.05, 4.69) is 42.4 Å². The molecular formula is C16H15BrFN5O. The van der Waals surface area contributed by atoms with Gasteiger partial charge in [-0.15, -0.1) is 0 Å². The van der Waals surface area contributed by atoms with E-state index in [0.717, 1.165) is 23.6 Å². The second kappa shape index (κ2) is 5.49. The topological polar surface area (TPSA) is 78.9 Å². The quantitative estimate of drug-likeness (QED) is 0.694. The number of pyridine rings is 1. The van der Waals surface area contributed by atoms with E-state index in [4.69, 9.17) is 10.5 Å². The van der Waals surface area contributed by atoms with Crippen LogP contribution in [0, 0.1) is 11.2 Å². The first-order valence-corrected chi connectivity index (χ1v) is 8.25. The molecule has 0 unspecified atom stereocenters. The first-order chi connectivity index (χ1) is 11.5. The lowest BCUT2D eigenvalue weighted by atomic mass is 9.88. The molecule has 1 aliphatic heterocycles. The maximum Gasteiger partial charge on any atom is 0.220 e. The highest BCUT2D eigenvalue weighted by atomic mass is 79.9. The van der Waals surface area contributed by atoms with Gasteiger partial charge in [0.25, 0.3) is 0 Å². The first kappa shape index (κ1) is 15.5. The molecule has 2 N–H and O–H groups in total. The Morgan fingerprint density at radius 3 is 2.88 bits per heavy atom. The molecule has 0 aliphatic carbocycles. The highest BCUT2D eigenvalue weighted by Gasteiger charge is 2.34. The molecule has 1 fully saturated rings. The van der Waals surface area contributed by atoms with Crippen LogP contribution in [-0.4, -0.2) is 32.7 Å². The summed E-state index contributed by atoms with van der Waals surface area (Å²) in [6, 6.07) is 1.86. The van der Waals surface area contributed by atoms with Crippen LogP contribution in [0.4, 0.5) is 10.3 Å². The number of nitrogens with two attached hydrogens (primary N) is 1. The van der Waals surface area contributed by atoms with Crippen LogP contribution in [0.2, 0.25) is 0 Å². The van der Waals surface area contributed by atoms with Crippen LogP contribution in [-0.2, 0) is 11.3 Å². The van der Waals surface area contributed by atoms with Crippen LogP contribution < -0.4 is 5.73 Å². The van der Waals surface area contributed by atoms with Gasteiger partial charge in [0.05, 0.1) is 31.1 Å². The minimum atomic E-state index is -0.505. The number of hydrogen-bond donors (Lipinski definition) is 1. The van der Waals surface area contributed by atoms with E-state index in [1.807, 2.05) is 12.3 Å². The Kier molecular flexibility index (Phi) is 3.54. The summed E-state index contributed by atoms with van der Waals surface area (Å²) in [4.78, 5) is 12.1. The summed E-state index contributed by atoms with van der Waals surface area (Å²) in [7, 11) is 0. The maximum atomic E-state index is 14.3. The van der Waals surface area contributed by atoms with Gasteiger partial charge in [0, 0.05) is 29.1 Å². The fourth-order valence-corrected chi connectivity index (χ4v) is 3.34. The molecule has 3 aromatic rings. The number of halogens is 2. The largest absolute Gasteiger partial charge is 0.380 e. The van der Waals surface area contributed by atoms with Crippen molar-refractivity contribution in [3.8, 4) is 11.3 Å². The molecule has 0 atom stereocenters. The molecule has 4 heterocycles. The SMILES string of the molecule is CC1(Cn2cc(-c3nc(N)ncc3F)c3cc(Br)ncc32)COC1. The first-order valence-electron chi connectivity index (χ1n) is 7.46. The Morgan fingerprint density at radius 1 is 1.38 bits per heavy atom. The monoisotopic (exact) mass is 391 g/mol. The van der Waals surface area contributed by atoms with E-state index in [1.165, 1.54) is 0 Å². The van der Waals surface area contributed by atoms with E-state index in [9.17, 15) is 4.39 Å². The Balaban J connectivity index is 1.91. The summed E-state index contributed by atoms with van der Waals surface area (Å²) in [5, 5.41) is 0.859. The fraction of sp³-hybridized carbons (Fsp3) is 0.312. The second-order valence-electron chi connectivity index (χ2n) is 6.42. The number of nitrogen functional groups attached to an aromatic ring is 1. The third-order valence-corrected chi connectivity index (χ3v) is 4.64. The van der Waals surface area contributed by atoms with Crippen molar-refractivity contribution < 1.29 is 9.13 Å². The highest BCUT2D eigenvalue weighted by molar-refractivity contribution is 9.10. The number of hydrogen-bond acceptors (Lipinski definition) is 5. The van der Waals surface area contributed by atoms with Crippen molar-refractivity contribution >= 4 is 32.8 Å². The zero-order chi connectivity index (χ0) is 16.9. The average molecular weight is 392 g/mol. The van der Waals surface area contributed by atoms with E-state index in [1.54, 1.807) is 6.20 Å². The van der Waals surface area contributed by atoms with Crippen LogP contribution in [0.1, 0.15) is 6.92 Å². The predicted octanol–water partition coefficient (Wildman–Crippen LogP) is 3.01. The number of rotatable bonds is 3. The summed E-state index contributed by atoms with van der Waals surface area (Å²) in [6.07, 6.45) is 4.76. The van der Waals surface area contributed by atoms with Crippen LogP contribution >= 0.6 is 15.9 Å². The highest BCUT2D eigenvalue weighted by Crippen LogP contribution is 2.35.